The number of anilines is 1. The molecule has 0 bridgehead atoms. The van der Waals surface area contributed by atoms with Crippen LogP contribution >= 0.6 is 0 Å². The predicted molar refractivity (Wildman–Crippen MR) is 117 cm³/mol. The Morgan fingerprint density at radius 2 is 1.77 bits per heavy atom. The average Bonchev–Trinajstić information content (AvgIpc) is 3.40. The van der Waals surface area contributed by atoms with Gasteiger partial charge in [-0.15, -0.1) is 0 Å². The fraction of sp³-hybridized carbons (Fsp3) is 0.261. The van der Waals surface area contributed by atoms with Gasteiger partial charge >= 0.3 is 0 Å². The van der Waals surface area contributed by atoms with Gasteiger partial charge in [-0.05, 0) is 30.2 Å². The Bertz CT molecular complexity index is 1120. The molecule has 3 aromatic rings. The second kappa shape index (κ2) is 8.75. The molecule has 0 saturated heterocycles. The van der Waals surface area contributed by atoms with Gasteiger partial charge < -0.3 is 9.73 Å². The lowest BCUT2D eigenvalue weighted by Gasteiger charge is -2.19. The van der Waals surface area contributed by atoms with Crippen molar-refractivity contribution in [2.45, 2.75) is 19.3 Å². The van der Waals surface area contributed by atoms with Gasteiger partial charge in [0, 0.05) is 31.5 Å². The van der Waals surface area contributed by atoms with E-state index in [9.17, 15) is 13.2 Å². The topological polar surface area (TPSA) is 79.6 Å². The van der Waals surface area contributed by atoms with Gasteiger partial charge in [-0.2, -0.15) is 0 Å². The summed E-state index contributed by atoms with van der Waals surface area (Å²) >= 11 is 0. The molecule has 1 aromatic heterocycles. The third kappa shape index (κ3) is 4.57. The molecule has 2 heterocycles. The number of para-hydroxylation sites is 1. The van der Waals surface area contributed by atoms with Crippen molar-refractivity contribution in [1.82, 2.24) is 5.32 Å². The summed E-state index contributed by atoms with van der Waals surface area (Å²) in [7, 11) is -3.46. The summed E-state index contributed by atoms with van der Waals surface area (Å²) in [4.78, 5) is 12.1. The van der Waals surface area contributed by atoms with Crippen LogP contribution in [0.1, 0.15) is 17.7 Å². The number of rotatable bonds is 8. The Morgan fingerprint density at radius 3 is 2.60 bits per heavy atom. The van der Waals surface area contributed by atoms with Crippen LogP contribution in [0.3, 0.4) is 0 Å². The Kier molecular flexibility index (Phi) is 5.90. The number of aryl methyl sites for hydroxylation is 1. The van der Waals surface area contributed by atoms with Crippen molar-refractivity contribution >= 4 is 21.6 Å². The number of furan rings is 1. The van der Waals surface area contributed by atoms with Crippen LogP contribution in [0.5, 0.6) is 0 Å². The van der Waals surface area contributed by atoms with Gasteiger partial charge in [0.05, 0.1) is 11.4 Å². The van der Waals surface area contributed by atoms with Crippen molar-refractivity contribution in [2.75, 3.05) is 23.1 Å². The lowest BCUT2D eigenvalue weighted by Crippen LogP contribution is -2.37. The van der Waals surface area contributed by atoms with Crippen molar-refractivity contribution in [2.24, 2.45) is 0 Å². The third-order valence-electron chi connectivity index (χ3n) is 5.18. The van der Waals surface area contributed by atoms with Crippen LogP contribution in [0, 0.1) is 0 Å². The highest BCUT2D eigenvalue weighted by Crippen LogP contribution is 2.29. The molecule has 0 atom stereocenters. The highest BCUT2D eigenvalue weighted by Gasteiger charge is 2.28. The first-order valence-electron chi connectivity index (χ1n) is 10.0. The van der Waals surface area contributed by atoms with Gasteiger partial charge in [0.1, 0.15) is 11.5 Å². The van der Waals surface area contributed by atoms with Crippen LogP contribution in [0.15, 0.2) is 71.1 Å². The van der Waals surface area contributed by atoms with Crippen molar-refractivity contribution in [1.29, 1.82) is 0 Å². The summed E-state index contributed by atoms with van der Waals surface area (Å²) in [5.41, 5.74) is 2.77. The zero-order chi connectivity index (χ0) is 21.0. The molecule has 0 fully saturated rings. The summed E-state index contributed by atoms with van der Waals surface area (Å²) in [6.45, 7) is 0.547. The van der Waals surface area contributed by atoms with E-state index in [0.29, 0.717) is 13.0 Å². The summed E-state index contributed by atoms with van der Waals surface area (Å²) in [6.07, 6.45) is 1.43. The zero-order valence-corrected chi connectivity index (χ0v) is 17.4. The number of sulfonamides is 1. The number of hydrogen-bond donors (Lipinski definition) is 1. The van der Waals surface area contributed by atoms with Crippen molar-refractivity contribution in [3.05, 3.63) is 78.1 Å². The molecule has 7 heteroatoms. The van der Waals surface area contributed by atoms with Crippen LogP contribution in [-0.2, 0) is 27.7 Å². The van der Waals surface area contributed by atoms with Crippen LogP contribution < -0.4 is 9.62 Å². The fourth-order valence-corrected chi connectivity index (χ4v) is 5.05. The SMILES string of the molecule is O=C(CCc1ccc(-c2ccccc2)o1)NCCS(=O)(=O)N1CCc2ccccc21. The summed E-state index contributed by atoms with van der Waals surface area (Å²) in [5, 5.41) is 2.71. The highest BCUT2D eigenvalue weighted by molar-refractivity contribution is 7.92. The Labute approximate surface area is 176 Å². The molecule has 6 nitrogen and oxygen atoms in total. The van der Waals surface area contributed by atoms with Crippen LogP contribution in [0.4, 0.5) is 5.69 Å². The van der Waals surface area contributed by atoms with Gasteiger partial charge in [-0.25, -0.2) is 8.42 Å². The number of hydrogen-bond acceptors (Lipinski definition) is 4. The first kappa shape index (κ1) is 20.2. The average molecular weight is 425 g/mol. The van der Waals surface area contributed by atoms with Gasteiger partial charge in [-0.3, -0.25) is 9.10 Å². The lowest BCUT2D eigenvalue weighted by atomic mass is 10.2. The molecule has 1 aliphatic heterocycles. The van der Waals surface area contributed by atoms with Gasteiger partial charge in [0.25, 0.3) is 0 Å². The van der Waals surface area contributed by atoms with Crippen molar-refractivity contribution in [3.63, 3.8) is 0 Å². The summed E-state index contributed by atoms with van der Waals surface area (Å²) in [6, 6.07) is 21.1. The zero-order valence-electron chi connectivity index (χ0n) is 16.6. The lowest BCUT2D eigenvalue weighted by molar-refractivity contribution is -0.121. The Balaban J connectivity index is 1.24. The predicted octanol–water partition coefficient (Wildman–Crippen LogP) is 3.39. The fourth-order valence-electron chi connectivity index (χ4n) is 3.62. The minimum atomic E-state index is -3.46. The highest BCUT2D eigenvalue weighted by atomic mass is 32.2. The van der Waals surface area contributed by atoms with E-state index in [1.54, 1.807) is 0 Å². The van der Waals surface area contributed by atoms with E-state index in [-0.39, 0.29) is 24.6 Å². The molecular weight excluding hydrogens is 400 g/mol. The molecule has 0 saturated carbocycles. The van der Waals surface area contributed by atoms with E-state index in [0.717, 1.165) is 34.8 Å². The first-order valence-corrected chi connectivity index (χ1v) is 11.6. The maximum absolute atomic E-state index is 12.7. The largest absolute Gasteiger partial charge is 0.461 e. The number of amides is 1. The van der Waals surface area contributed by atoms with Crippen molar-refractivity contribution < 1.29 is 17.6 Å². The second-order valence-electron chi connectivity index (χ2n) is 7.25. The van der Waals surface area contributed by atoms with Crippen molar-refractivity contribution in [3.8, 4) is 11.3 Å². The molecular formula is C23H24N2O4S. The van der Waals surface area contributed by atoms with E-state index >= 15 is 0 Å². The smallest absolute Gasteiger partial charge is 0.236 e. The van der Waals surface area contributed by atoms with Crippen LogP contribution in [-0.4, -0.2) is 33.2 Å². The maximum atomic E-state index is 12.7. The molecule has 1 amide bonds. The van der Waals surface area contributed by atoms with E-state index in [1.165, 1.54) is 4.31 Å². The van der Waals surface area contributed by atoms with Crippen LogP contribution in [0.2, 0.25) is 0 Å². The Hall–Kier alpha value is -3.06. The number of nitrogens with zero attached hydrogens (tertiary/aromatic N) is 1. The molecule has 30 heavy (non-hydrogen) atoms. The minimum absolute atomic E-state index is 0.0905. The number of fused-ring (bicyclic) bond motifs is 1. The van der Waals surface area contributed by atoms with E-state index in [1.807, 2.05) is 66.7 Å². The summed E-state index contributed by atoms with van der Waals surface area (Å²) in [5.74, 6) is 1.18. The molecule has 0 radical (unpaired) electrons. The minimum Gasteiger partial charge on any atom is -0.461 e. The van der Waals surface area contributed by atoms with E-state index in [4.69, 9.17) is 4.42 Å². The molecule has 1 aliphatic rings. The van der Waals surface area contributed by atoms with Crippen LogP contribution in [0.25, 0.3) is 11.3 Å². The third-order valence-corrected chi connectivity index (χ3v) is 6.95. The molecule has 2 aromatic carbocycles. The molecule has 0 aliphatic carbocycles. The van der Waals surface area contributed by atoms with E-state index in [2.05, 4.69) is 5.32 Å². The monoisotopic (exact) mass is 424 g/mol. The standard InChI is InChI=1S/C23H24N2O4S/c26-23(13-11-20-10-12-22(29-20)19-7-2-1-3-8-19)24-15-17-30(27,28)25-16-14-18-6-4-5-9-21(18)25/h1-10,12H,11,13-17H2,(H,24,26). The normalized spacial score (nSPS) is 13.3. The molecule has 1 N–H and O–H groups in total. The summed E-state index contributed by atoms with van der Waals surface area (Å²) < 4.78 is 32.6. The van der Waals surface area contributed by atoms with Gasteiger partial charge in [0.15, 0.2) is 0 Å². The quantitative estimate of drug-likeness (QED) is 0.601. The van der Waals surface area contributed by atoms with Gasteiger partial charge in [0.2, 0.25) is 15.9 Å². The Morgan fingerprint density at radius 1 is 1.00 bits per heavy atom. The number of carbonyl (C=O) groups excluding carboxylic acids is 1. The first-order chi connectivity index (χ1) is 14.5. The molecule has 0 unspecified atom stereocenters. The second-order valence-corrected chi connectivity index (χ2v) is 9.26. The van der Waals surface area contributed by atoms with Gasteiger partial charge in [-0.1, -0.05) is 48.5 Å². The number of carbonyl (C=O) groups is 1. The number of nitrogens with one attached hydrogen (secondary N) is 1. The molecule has 156 valence electrons. The maximum Gasteiger partial charge on any atom is 0.236 e. The molecule has 4 rings (SSSR count). The van der Waals surface area contributed by atoms with E-state index < -0.39 is 10.0 Å². The molecule has 0 spiro atoms. The number of benzene rings is 2.